The minimum Gasteiger partial charge on any atom is -0.222 e. The molecule has 0 saturated heterocycles. The maximum atomic E-state index is 6.26. The smallest absolute Gasteiger partial charge is 0.133 e. The van der Waals surface area contributed by atoms with Gasteiger partial charge < -0.3 is 0 Å². The number of nitrogens with zero attached hydrogens (tertiary/aromatic N) is 2. The fourth-order valence-corrected chi connectivity index (χ4v) is 2.46. The van der Waals surface area contributed by atoms with Crippen molar-refractivity contribution in [3.63, 3.8) is 0 Å². The zero-order chi connectivity index (χ0) is 12.0. The van der Waals surface area contributed by atoms with Gasteiger partial charge in [-0.3, -0.25) is 0 Å². The topological polar surface area (TPSA) is 17.8 Å². The molecule has 1 fully saturated rings. The third-order valence-electron chi connectivity index (χ3n) is 3.13. The molecule has 1 aromatic carbocycles. The van der Waals surface area contributed by atoms with Gasteiger partial charge in [0, 0.05) is 5.92 Å². The van der Waals surface area contributed by atoms with Gasteiger partial charge in [-0.2, -0.15) is 5.10 Å². The van der Waals surface area contributed by atoms with Crippen LogP contribution in [0.2, 0.25) is 5.15 Å². The van der Waals surface area contributed by atoms with E-state index >= 15 is 0 Å². The van der Waals surface area contributed by atoms with Crippen molar-refractivity contribution in [3.05, 3.63) is 46.2 Å². The first-order valence-corrected chi connectivity index (χ1v) is 6.35. The van der Waals surface area contributed by atoms with Crippen molar-refractivity contribution in [2.24, 2.45) is 0 Å². The molecule has 0 spiro atoms. The van der Waals surface area contributed by atoms with Crippen molar-refractivity contribution in [3.8, 4) is 5.69 Å². The van der Waals surface area contributed by atoms with Crippen LogP contribution in [0, 0.1) is 13.8 Å². The monoisotopic (exact) mass is 246 g/mol. The van der Waals surface area contributed by atoms with Gasteiger partial charge in [-0.05, 0) is 56.0 Å². The summed E-state index contributed by atoms with van der Waals surface area (Å²) in [7, 11) is 0. The van der Waals surface area contributed by atoms with Crippen molar-refractivity contribution < 1.29 is 0 Å². The highest BCUT2D eigenvalue weighted by molar-refractivity contribution is 6.29. The van der Waals surface area contributed by atoms with Crippen LogP contribution in [0.4, 0.5) is 0 Å². The number of hydrogen-bond donors (Lipinski definition) is 0. The van der Waals surface area contributed by atoms with E-state index < -0.39 is 0 Å². The van der Waals surface area contributed by atoms with Crippen LogP contribution in [-0.4, -0.2) is 9.78 Å². The van der Waals surface area contributed by atoms with Gasteiger partial charge in [-0.15, -0.1) is 0 Å². The van der Waals surface area contributed by atoms with Crippen LogP contribution in [0.3, 0.4) is 0 Å². The molecule has 0 aliphatic heterocycles. The minimum absolute atomic E-state index is 0.639. The normalized spacial score (nSPS) is 15.2. The van der Waals surface area contributed by atoms with Crippen molar-refractivity contribution in [2.75, 3.05) is 0 Å². The second-order valence-corrected chi connectivity index (χ2v) is 5.31. The third kappa shape index (κ3) is 2.09. The summed E-state index contributed by atoms with van der Waals surface area (Å²) in [6, 6.07) is 8.38. The Morgan fingerprint density at radius 3 is 2.35 bits per heavy atom. The molecule has 1 aromatic heterocycles. The molecule has 3 heteroatoms. The first-order valence-electron chi connectivity index (χ1n) is 5.97. The fourth-order valence-electron chi connectivity index (χ4n) is 2.21. The average molecular weight is 247 g/mol. The Bertz CT molecular complexity index is 547. The van der Waals surface area contributed by atoms with Gasteiger partial charge in [0.2, 0.25) is 0 Å². The molecule has 17 heavy (non-hydrogen) atoms. The van der Waals surface area contributed by atoms with Crippen LogP contribution >= 0.6 is 11.6 Å². The van der Waals surface area contributed by atoms with E-state index in [0.29, 0.717) is 11.1 Å². The fraction of sp³-hybridized carbons (Fsp3) is 0.357. The minimum atomic E-state index is 0.639. The Morgan fingerprint density at radius 2 is 1.76 bits per heavy atom. The van der Waals surface area contributed by atoms with Gasteiger partial charge in [-0.1, -0.05) is 17.7 Å². The Kier molecular flexibility index (Phi) is 2.48. The number of halogens is 1. The van der Waals surface area contributed by atoms with E-state index in [4.69, 9.17) is 11.6 Å². The summed E-state index contributed by atoms with van der Waals surface area (Å²) in [5.41, 5.74) is 4.66. The number of hydrogen-bond acceptors (Lipinski definition) is 1. The lowest BCUT2D eigenvalue weighted by molar-refractivity contribution is 0.836. The molecule has 88 valence electrons. The largest absolute Gasteiger partial charge is 0.222 e. The van der Waals surface area contributed by atoms with Crippen LogP contribution in [0.1, 0.15) is 35.6 Å². The molecule has 0 radical (unpaired) electrons. The molecular formula is C14H15ClN2. The van der Waals surface area contributed by atoms with Crippen molar-refractivity contribution in [2.45, 2.75) is 32.6 Å². The molecule has 1 heterocycles. The first-order chi connectivity index (χ1) is 8.13. The summed E-state index contributed by atoms with van der Waals surface area (Å²) in [6.45, 7) is 4.19. The van der Waals surface area contributed by atoms with Crippen LogP contribution in [0.5, 0.6) is 0 Å². The lowest BCUT2D eigenvalue weighted by Gasteiger charge is -2.06. The Labute approximate surface area is 106 Å². The van der Waals surface area contributed by atoms with Gasteiger partial charge in [0.1, 0.15) is 5.15 Å². The number of aryl methyl sites for hydroxylation is 2. The number of aromatic nitrogens is 2. The molecule has 0 amide bonds. The van der Waals surface area contributed by atoms with E-state index in [2.05, 4.69) is 37.1 Å². The summed E-state index contributed by atoms with van der Waals surface area (Å²) in [5.74, 6) is 0.639. The van der Waals surface area contributed by atoms with Crippen molar-refractivity contribution in [1.29, 1.82) is 0 Å². The molecule has 3 rings (SSSR count). The van der Waals surface area contributed by atoms with E-state index in [-0.39, 0.29) is 0 Å². The van der Waals surface area contributed by atoms with Crippen molar-refractivity contribution in [1.82, 2.24) is 9.78 Å². The van der Waals surface area contributed by atoms with Crippen LogP contribution in [0.25, 0.3) is 5.69 Å². The highest BCUT2D eigenvalue weighted by Gasteiger charge is 2.27. The lowest BCUT2D eigenvalue weighted by atomic mass is 10.1. The summed E-state index contributed by atoms with van der Waals surface area (Å²) in [6.07, 6.45) is 2.50. The maximum Gasteiger partial charge on any atom is 0.133 e. The summed E-state index contributed by atoms with van der Waals surface area (Å²) >= 11 is 6.26. The maximum absolute atomic E-state index is 6.26. The second-order valence-electron chi connectivity index (χ2n) is 4.92. The molecule has 0 N–H and O–H groups in total. The Balaban J connectivity index is 2.07. The van der Waals surface area contributed by atoms with Gasteiger partial charge in [-0.25, -0.2) is 4.68 Å². The lowest BCUT2D eigenvalue weighted by Crippen LogP contribution is -1.98. The number of rotatable bonds is 2. The van der Waals surface area contributed by atoms with Gasteiger partial charge in [0.15, 0.2) is 0 Å². The second kappa shape index (κ2) is 3.88. The van der Waals surface area contributed by atoms with E-state index in [1.165, 1.54) is 24.0 Å². The molecular weight excluding hydrogens is 232 g/mol. The molecule has 0 atom stereocenters. The van der Waals surface area contributed by atoms with Gasteiger partial charge in [0.25, 0.3) is 0 Å². The first kappa shape index (κ1) is 10.8. The van der Waals surface area contributed by atoms with Crippen LogP contribution in [0.15, 0.2) is 24.3 Å². The van der Waals surface area contributed by atoms with Crippen molar-refractivity contribution >= 4 is 11.6 Å². The van der Waals surface area contributed by atoms with E-state index in [9.17, 15) is 0 Å². The standard InChI is InChI=1S/C14H15ClN2/c1-9-5-10(2)7-12(6-9)17-14(15)8-13(16-17)11-3-4-11/h5-8,11H,3-4H2,1-2H3. The van der Waals surface area contributed by atoms with Gasteiger partial charge in [0.05, 0.1) is 11.4 Å². The third-order valence-corrected chi connectivity index (χ3v) is 3.40. The average Bonchev–Trinajstić information content (AvgIpc) is 3.01. The van der Waals surface area contributed by atoms with Crippen LogP contribution < -0.4 is 0 Å². The Hall–Kier alpha value is -1.28. The van der Waals surface area contributed by atoms with Gasteiger partial charge >= 0.3 is 0 Å². The zero-order valence-electron chi connectivity index (χ0n) is 10.1. The zero-order valence-corrected chi connectivity index (χ0v) is 10.8. The number of benzene rings is 1. The summed E-state index contributed by atoms with van der Waals surface area (Å²) in [5, 5.41) is 5.31. The summed E-state index contributed by atoms with van der Waals surface area (Å²) in [4.78, 5) is 0. The highest BCUT2D eigenvalue weighted by atomic mass is 35.5. The molecule has 0 bridgehead atoms. The SMILES string of the molecule is Cc1cc(C)cc(-n2nc(C3CC3)cc2Cl)c1. The molecule has 0 unspecified atom stereocenters. The molecule has 1 saturated carbocycles. The quantitative estimate of drug-likeness (QED) is 0.783. The van der Waals surface area contributed by atoms with E-state index in [1.807, 2.05) is 10.7 Å². The molecule has 2 aromatic rings. The van der Waals surface area contributed by atoms with Crippen LogP contribution in [-0.2, 0) is 0 Å². The van der Waals surface area contributed by atoms with E-state index in [0.717, 1.165) is 11.4 Å². The predicted octanol–water partition coefficient (Wildman–Crippen LogP) is 4.02. The summed E-state index contributed by atoms with van der Waals surface area (Å²) < 4.78 is 1.84. The van der Waals surface area contributed by atoms with E-state index in [1.54, 1.807) is 0 Å². The highest BCUT2D eigenvalue weighted by Crippen LogP contribution is 2.40. The molecule has 1 aliphatic carbocycles. The molecule has 1 aliphatic rings. The Morgan fingerprint density at radius 1 is 1.12 bits per heavy atom. The predicted molar refractivity (Wildman–Crippen MR) is 70.0 cm³/mol. The molecule has 2 nitrogen and oxygen atoms in total.